The summed E-state index contributed by atoms with van der Waals surface area (Å²) < 4.78 is 28.2. The number of nitrogens with zero attached hydrogens (tertiary/aromatic N) is 1. The number of carbonyl (C=O) groups is 2. The number of benzene rings is 1. The maximum Gasteiger partial charge on any atom is 0.508 e. The number of piperidine rings is 1. The van der Waals surface area contributed by atoms with Crippen molar-refractivity contribution in [3.8, 4) is 23.7 Å². The minimum Gasteiger partial charge on any atom is -0.461 e. The molecule has 1 aromatic rings. The highest BCUT2D eigenvalue weighted by atomic mass is 16.7. The number of hydrogen-bond donors (Lipinski definition) is 0. The Balaban J connectivity index is 1.77. The van der Waals surface area contributed by atoms with Crippen molar-refractivity contribution in [1.29, 1.82) is 0 Å². The Morgan fingerprint density at radius 2 is 1.46 bits per heavy atom. The summed E-state index contributed by atoms with van der Waals surface area (Å²) in [6.45, 7) is 13.0. The van der Waals surface area contributed by atoms with Gasteiger partial charge in [-0.25, -0.2) is 4.79 Å². The molecule has 0 saturated carbocycles. The molecule has 8 nitrogen and oxygen atoms in total. The van der Waals surface area contributed by atoms with Crippen LogP contribution >= 0.6 is 0 Å². The van der Waals surface area contributed by atoms with E-state index in [1.165, 1.54) is 0 Å². The van der Waals surface area contributed by atoms with Crippen LogP contribution in [0.4, 0.5) is 4.79 Å². The van der Waals surface area contributed by atoms with Gasteiger partial charge in [-0.3, -0.25) is 4.79 Å². The lowest BCUT2D eigenvalue weighted by atomic mass is 9.99. The fourth-order valence-corrected chi connectivity index (χ4v) is 5.11. The highest BCUT2D eigenvalue weighted by molar-refractivity contribution is 5.69. The number of ether oxygens (including phenoxy) is 5. The van der Waals surface area contributed by atoms with Gasteiger partial charge in [-0.1, -0.05) is 51.3 Å². The Hall–Kier alpha value is -3.04. The van der Waals surface area contributed by atoms with E-state index in [1.807, 2.05) is 25.1 Å². The summed E-state index contributed by atoms with van der Waals surface area (Å²) >= 11 is 0. The molecule has 0 aliphatic carbocycles. The lowest BCUT2D eigenvalue weighted by molar-refractivity contribution is -0.158. The number of esters is 1. The first-order valence-electron chi connectivity index (χ1n) is 17.3. The van der Waals surface area contributed by atoms with E-state index in [1.54, 1.807) is 0 Å². The third kappa shape index (κ3) is 18.8. The van der Waals surface area contributed by atoms with E-state index in [9.17, 15) is 9.59 Å². The topological polar surface area (TPSA) is 83.5 Å². The monoisotopic (exact) mass is 639 g/mol. The molecule has 0 spiro atoms. The van der Waals surface area contributed by atoms with Gasteiger partial charge in [0, 0.05) is 44.6 Å². The van der Waals surface area contributed by atoms with Crippen molar-refractivity contribution in [3.63, 3.8) is 0 Å². The van der Waals surface area contributed by atoms with Gasteiger partial charge in [-0.2, -0.15) is 0 Å². The third-order valence-corrected chi connectivity index (χ3v) is 7.65. The number of likely N-dealkylation sites (tertiary alicyclic amines) is 1. The maximum atomic E-state index is 12.6. The molecule has 0 radical (unpaired) electrons. The predicted octanol–water partition coefficient (Wildman–Crippen LogP) is 7.73. The minimum absolute atomic E-state index is 0.0928. The number of hydrogen-bond acceptors (Lipinski definition) is 8. The molecule has 1 aromatic carbocycles. The Morgan fingerprint density at radius 3 is 2.07 bits per heavy atom. The summed E-state index contributed by atoms with van der Waals surface area (Å²) in [5.41, 5.74) is 2.63. The van der Waals surface area contributed by atoms with Crippen LogP contribution < -0.4 is 0 Å². The molecule has 256 valence electrons. The first-order chi connectivity index (χ1) is 22.4. The molecule has 1 fully saturated rings. The average molecular weight is 640 g/mol. The summed E-state index contributed by atoms with van der Waals surface area (Å²) in [6, 6.07) is 5.78. The van der Waals surface area contributed by atoms with Crippen LogP contribution in [0.3, 0.4) is 0 Å². The summed E-state index contributed by atoms with van der Waals surface area (Å²) in [4.78, 5) is 27.2. The normalized spacial score (nSPS) is 14.6. The van der Waals surface area contributed by atoms with Crippen molar-refractivity contribution >= 4 is 12.1 Å². The molecule has 8 heteroatoms. The number of carbonyl (C=O) groups excluding carboxylic acids is 2. The van der Waals surface area contributed by atoms with Crippen LogP contribution in [0.1, 0.15) is 115 Å². The zero-order valence-electron chi connectivity index (χ0n) is 28.8. The number of unbranched alkanes of at least 4 members (excludes halogenated alkanes) is 4. The van der Waals surface area contributed by atoms with Gasteiger partial charge in [0.25, 0.3) is 0 Å². The fourth-order valence-electron chi connectivity index (χ4n) is 5.11. The van der Waals surface area contributed by atoms with Crippen LogP contribution in [0.5, 0.6) is 0 Å². The Morgan fingerprint density at radius 1 is 0.848 bits per heavy atom. The van der Waals surface area contributed by atoms with Crippen molar-refractivity contribution in [3.05, 3.63) is 34.9 Å². The highest BCUT2D eigenvalue weighted by Gasteiger charge is 2.20. The van der Waals surface area contributed by atoms with E-state index in [-0.39, 0.29) is 25.6 Å². The molecular formula is C38H57NO7. The predicted molar refractivity (Wildman–Crippen MR) is 181 cm³/mol. The lowest BCUT2D eigenvalue weighted by Crippen LogP contribution is -2.37. The molecule has 0 bridgehead atoms. The molecular weight excluding hydrogens is 582 g/mol. The number of aryl methyl sites for hydroxylation is 1. The average Bonchev–Trinajstić information content (AvgIpc) is 3.06. The molecule has 1 atom stereocenters. The second-order valence-corrected chi connectivity index (χ2v) is 11.9. The highest BCUT2D eigenvalue weighted by Crippen LogP contribution is 2.17. The third-order valence-electron chi connectivity index (χ3n) is 7.65. The molecule has 1 aliphatic rings. The van der Waals surface area contributed by atoms with Crippen molar-refractivity contribution in [1.82, 2.24) is 4.90 Å². The smallest absolute Gasteiger partial charge is 0.461 e. The molecule has 1 unspecified atom stereocenters. The molecule has 1 aliphatic heterocycles. The van der Waals surface area contributed by atoms with Crippen LogP contribution in [0, 0.1) is 36.5 Å². The first kappa shape index (κ1) is 39.1. The first-order valence-corrected chi connectivity index (χ1v) is 17.3. The molecule has 0 amide bonds. The van der Waals surface area contributed by atoms with Crippen molar-refractivity contribution in [2.75, 3.05) is 39.5 Å². The van der Waals surface area contributed by atoms with Gasteiger partial charge in [0.2, 0.25) is 0 Å². The van der Waals surface area contributed by atoms with Gasteiger partial charge in [0.15, 0.2) is 6.29 Å². The Labute approximate surface area is 278 Å². The zero-order valence-corrected chi connectivity index (χ0v) is 28.8. The maximum absolute atomic E-state index is 12.6. The quantitative estimate of drug-likeness (QED) is 0.0621. The van der Waals surface area contributed by atoms with Crippen LogP contribution in [-0.4, -0.2) is 62.8 Å². The lowest BCUT2D eigenvalue weighted by Gasteiger charge is -2.31. The van der Waals surface area contributed by atoms with Gasteiger partial charge >= 0.3 is 12.1 Å². The van der Waals surface area contributed by atoms with Crippen LogP contribution in [0.25, 0.3) is 0 Å². The second kappa shape index (κ2) is 25.1. The number of rotatable bonds is 20. The standard InChI is InChI=1S/C38H57NO7/c1-5-8-10-12-14-16-23-42-37(43-24-17-15-13-11-9-6-2)21-20-36(40)44-30-34-25-32(4)26-35(27-34)31-46-38(41)45-29-33-19-18-22-39(7-3)28-33/h25-27,33,37H,5-11,16-24,28-31H2,1-4H3. The van der Waals surface area contributed by atoms with Crippen molar-refractivity contribution < 1.29 is 33.3 Å². The largest absolute Gasteiger partial charge is 0.508 e. The van der Waals surface area contributed by atoms with Gasteiger partial charge in [-0.05, 0) is 62.9 Å². The van der Waals surface area contributed by atoms with E-state index in [0.717, 1.165) is 87.7 Å². The molecule has 0 aromatic heterocycles. The van der Waals surface area contributed by atoms with Gasteiger partial charge in [0.05, 0.1) is 26.2 Å². The summed E-state index contributed by atoms with van der Waals surface area (Å²) in [7, 11) is 0. The SMILES string of the molecule is CCCCC#CCCOC(CCC(=O)OCc1cc(C)cc(COC(=O)OCC2CCCN(CC)C2)c1)OCCC#CCCCC. The van der Waals surface area contributed by atoms with Crippen molar-refractivity contribution in [2.24, 2.45) is 5.92 Å². The van der Waals surface area contributed by atoms with E-state index >= 15 is 0 Å². The van der Waals surface area contributed by atoms with Crippen LogP contribution in [-0.2, 0) is 41.7 Å². The molecule has 2 rings (SSSR count). The van der Waals surface area contributed by atoms with Gasteiger partial charge in [0.1, 0.15) is 13.2 Å². The molecule has 46 heavy (non-hydrogen) atoms. The second-order valence-electron chi connectivity index (χ2n) is 11.9. The molecule has 0 N–H and O–H groups in total. The Kier molecular flexibility index (Phi) is 21.4. The van der Waals surface area contributed by atoms with Crippen LogP contribution in [0.2, 0.25) is 0 Å². The Bertz CT molecular complexity index is 1100. The van der Waals surface area contributed by atoms with E-state index in [2.05, 4.69) is 49.4 Å². The van der Waals surface area contributed by atoms with E-state index in [4.69, 9.17) is 23.7 Å². The summed E-state index contributed by atoms with van der Waals surface area (Å²) in [5.74, 6) is 12.6. The van der Waals surface area contributed by atoms with E-state index in [0.29, 0.717) is 45.0 Å². The molecule has 1 heterocycles. The summed E-state index contributed by atoms with van der Waals surface area (Å²) in [5, 5.41) is 0. The fraction of sp³-hybridized carbons (Fsp3) is 0.684. The van der Waals surface area contributed by atoms with Gasteiger partial charge in [-0.15, -0.1) is 23.7 Å². The van der Waals surface area contributed by atoms with Gasteiger partial charge < -0.3 is 28.6 Å². The van der Waals surface area contributed by atoms with Crippen molar-refractivity contribution in [2.45, 2.75) is 124 Å². The van der Waals surface area contributed by atoms with Crippen LogP contribution in [0.15, 0.2) is 18.2 Å². The summed E-state index contributed by atoms with van der Waals surface area (Å²) in [6.07, 6.45) is 9.09. The minimum atomic E-state index is -0.658. The molecule has 1 saturated heterocycles. The van der Waals surface area contributed by atoms with E-state index < -0.39 is 12.4 Å². The zero-order chi connectivity index (χ0) is 33.2.